The molecular formula is C13H27N3O2. The lowest BCUT2D eigenvalue weighted by molar-refractivity contribution is 0.0170. The van der Waals surface area contributed by atoms with E-state index in [0.717, 1.165) is 52.3 Å². The van der Waals surface area contributed by atoms with Gasteiger partial charge in [0.15, 0.2) is 5.96 Å². The summed E-state index contributed by atoms with van der Waals surface area (Å²) in [4.78, 5) is 6.39. The third-order valence-corrected chi connectivity index (χ3v) is 3.14. The highest BCUT2D eigenvalue weighted by Gasteiger charge is 2.14. The van der Waals surface area contributed by atoms with Gasteiger partial charge in [-0.15, -0.1) is 0 Å². The lowest BCUT2D eigenvalue weighted by Crippen LogP contribution is -2.37. The SMILES string of the molecule is CCN(CC)C(N)=NCCCOCC1CCCO1. The molecule has 0 aliphatic carbocycles. The standard InChI is InChI=1S/C13H27N3O2/c1-3-16(4-2)13(14)15-8-6-9-17-11-12-7-5-10-18-12/h12H,3-11H2,1-2H3,(H2,14,15). The molecule has 1 aliphatic rings. The molecule has 0 spiro atoms. The van der Waals surface area contributed by atoms with E-state index in [-0.39, 0.29) is 0 Å². The third-order valence-electron chi connectivity index (χ3n) is 3.14. The second-order valence-corrected chi connectivity index (χ2v) is 4.48. The van der Waals surface area contributed by atoms with Crippen molar-refractivity contribution in [2.75, 3.05) is 39.5 Å². The van der Waals surface area contributed by atoms with Gasteiger partial charge in [-0.25, -0.2) is 0 Å². The van der Waals surface area contributed by atoms with E-state index in [4.69, 9.17) is 15.2 Å². The highest BCUT2D eigenvalue weighted by molar-refractivity contribution is 5.77. The summed E-state index contributed by atoms with van der Waals surface area (Å²) in [7, 11) is 0. The molecular weight excluding hydrogens is 230 g/mol. The van der Waals surface area contributed by atoms with Crippen LogP contribution in [0.3, 0.4) is 0 Å². The summed E-state index contributed by atoms with van der Waals surface area (Å²) in [5.41, 5.74) is 5.87. The monoisotopic (exact) mass is 257 g/mol. The summed E-state index contributed by atoms with van der Waals surface area (Å²) < 4.78 is 11.0. The summed E-state index contributed by atoms with van der Waals surface area (Å²) in [6, 6.07) is 0. The van der Waals surface area contributed by atoms with E-state index in [1.54, 1.807) is 0 Å². The molecule has 0 aromatic heterocycles. The van der Waals surface area contributed by atoms with Crippen LogP contribution >= 0.6 is 0 Å². The highest BCUT2D eigenvalue weighted by atomic mass is 16.5. The van der Waals surface area contributed by atoms with Gasteiger partial charge in [0.2, 0.25) is 0 Å². The smallest absolute Gasteiger partial charge is 0.191 e. The Labute approximate surface area is 110 Å². The zero-order chi connectivity index (χ0) is 13.2. The third kappa shape index (κ3) is 5.69. The Bertz CT molecular complexity index is 236. The predicted octanol–water partition coefficient (Wildman–Crippen LogP) is 1.23. The van der Waals surface area contributed by atoms with Gasteiger partial charge in [-0.05, 0) is 33.1 Å². The topological polar surface area (TPSA) is 60.1 Å². The van der Waals surface area contributed by atoms with Gasteiger partial charge in [-0.3, -0.25) is 4.99 Å². The number of ether oxygens (including phenoxy) is 2. The van der Waals surface area contributed by atoms with Crippen molar-refractivity contribution >= 4 is 5.96 Å². The van der Waals surface area contributed by atoms with Crippen LogP contribution in [0.1, 0.15) is 33.1 Å². The van der Waals surface area contributed by atoms with Crippen LogP contribution in [-0.4, -0.2) is 56.4 Å². The molecule has 1 unspecified atom stereocenters. The van der Waals surface area contributed by atoms with Crippen molar-refractivity contribution in [2.24, 2.45) is 10.7 Å². The molecule has 0 aromatic carbocycles. The fourth-order valence-electron chi connectivity index (χ4n) is 2.00. The van der Waals surface area contributed by atoms with Gasteiger partial charge in [-0.1, -0.05) is 0 Å². The van der Waals surface area contributed by atoms with Crippen molar-refractivity contribution in [1.29, 1.82) is 0 Å². The van der Waals surface area contributed by atoms with Crippen molar-refractivity contribution in [3.63, 3.8) is 0 Å². The maximum Gasteiger partial charge on any atom is 0.191 e. The number of nitrogens with two attached hydrogens (primary N) is 1. The summed E-state index contributed by atoms with van der Waals surface area (Å²) in [5, 5.41) is 0. The number of hydrogen-bond acceptors (Lipinski definition) is 3. The molecule has 106 valence electrons. The van der Waals surface area contributed by atoms with Gasteiger partial charge < -0.3 is 20.1 Å². The molecule has 5 heteroatoms. The van der Waals surface area contributed by atoms with Crippen molar-refractivity contribution in [2.45, 2.75) is 39.2 Å². The Morgan fingerprint density at radius 1 is 1.44 bits per heavy atom. The molecule has 0 aromatic rings. The summed E-state index contributed by atoms with van der Waals surface area (Å²) >= 11 is 0. The average molecular weight is 257 g/mol. The molecule has 1 aliphatic heterocycles. The van der Waals surface area contributed by atoms with Gasteiger partial charge >= 0.3 is 0 Å². The molecule has 1 rings (SSSR count). The molecule has 1 fully saturated rings. The lowest BCUT2D eigenvalue weighted by Gasteiger charge is -2.19. The van der Waals surface area contributed by atoms with Crippen molar-refractivity contribution in [3.05, 3.63) is 0 Å². The van der Waals surface area contributed by atoms with Crippen LogP contribution in [0.2, 0.25) is 0 Å². The number of guanidine groups is 1. The lowest BCUT2D eigenvalue weighted by atomic mass is 10.2. The van der Waals surface area contributed by atoms with E-state index in [0.29, 0.717) is 12.1 Å². The largest absolute Gasteiger partial charge is 0.379 e. The second-order valence-electron chi connectivity index (χ2n) is 4.48. The van der Waals surface area contributed by atoms with Crippen LogP contribution in [0.25, 0.3) is 0 Å². The van der Waals surface area contributed by atoms with Crippen LogP contribution in [0, 0.1) is 0 Å². The minimum atomic E-state index is 0.314. The maximum atomic E-state index is 5.87. The van der Waals surface area contributed by atoms with Gasteiger partial charge in [0.25, 0.3) is 0 Å². The van der Waals surface area contributed by atoms with E-state index in [9.17, 15) is 0 Å². The van der Waals surface area contributed by atoms with Crippen LogP contribution in [0.4, 0.5) is 0 Å². The van der Waals surface area contributed by atoms with Crippen LogP contribution in [0.5, 0.6) is 0 Å². The minimum Gasteiger partial charge on any atom is -0.379 e. The first kappa shape index (κ1) is 15.2. The van der Waals surface area contributed by atoms with Gasteiger partial charge in [0.1, 0.15) is 0 Å². The van der Waals surface area contributed by atoms with E-state index >= 15 is 0 Å². The Hall–Kier alpha value is -0.810. The van der Waals surface area contributed by atoms with Crippen LogP contribution in [0.15, 0.2) is 4.99 Å². The number of hydrogen-bond donors (Lipinski definition) is 1. The zero-order valence-electron chi connectivity index (χ0n) is 11.7. The number of aliphatic imine (C=N–C) groups is 1. The van der Waals surface area contributed by atoms with E-state index in [1.807, 2.05) is 4.90 Å². The number of rotatable bonds is 8. The summed E-state index contributed by atoms with van der Waals surface area (Å²) in [6.45, 7) is 9.03. The van der Waals surface area contributed by atoms with Gasteiger partial charge in [-0.2, -0.15) is 0 Å². The van der Waals surface area contributed by atoms with E-state index < -0.39 is 0 Å². The molecule has 0 radical (unpaired) electrons. The highest BCUT2D eigenvalue weighted by Crippen LogP contribution is 2.11. The number of nitrogens with zero attached hydrogens (tertiary/aromatic N) is 2. The first-order chi connectivity index (χ1) is 8.77. The van der Waals surface area contributed by atoms with Crippen molar-refractivity contribution in [3.8, 4) is 0 Å². The molecule has 5 nitrogen and oxygen atoms in total. The maximum absolute atomic E-state index is 5.87. The fraction of sp³-hybridized carbons (Fsp3) is 0.923. The molecule has 2 N–H and O–H groups in total. The van der Waals surface area contributed by atoms with Gasteiger partial charge in [0.05, 0.1) is 12.7 Å². The summed E-state index contributed by atoms with van der Waals surface area (Å²) in [6.07, 6.45) is 3.52. The Kier molecular flexibility index (Phi) is 7.76. The molecule has 1 heterocycles. The summed E-state index contributed by atoms with van der Waals surface area (Å²) in [5.74, 6) is 0.638. The zero-order valence-corrected chi connectivity index (χ0v) is 11.7. The van der Waals surface area contributed by atoms with Crippen LogP contribution in [-0.2, 0) is 9.47 Å². The van der Waals surface area contributed by atoms with E-state index in [2.05, 4.69) is 18.8 Å². The Balaban J connectivity index is 2.01. The second kappa shape index (κ2) is 9.16. The average Bonchev–Trinajstić information content (AvgIpc) is 2.88. The normalized spacial score (nSPS) is 20.3. The quantitative estimate of drug-likeness (QED) is 0.403. The Morgan fingerprint density at radius 2 is 2.22 bits per heavy atom. The van der Waals surface area contributed by atoms with E-state index in [1.165, 1.54) is 6.42 Å². The van der Waals surface area contributed by atoms with Crippen molar-refractivity contribution < 1.29 is 9.47 Å². The Morgan fingerprint density at radius 3 is 2.83 bits per heavy atom. The van der Waals surface area contributed by atoms with Crippen molar-refractivity contribution in [1.82, 2.24) is 4.90 Å². The molecule has 1 saturated heterocycles. The first-order valence-corrected chi connectivity index (χ1v) is 7.02. The first-order valence-electron chi connectivity index (χ1n) is 7.02. The molecule has 18 heavy (non-hydrogen) atoms. The predicted molar refractivity (Wildman–Crippen MR) is 73.8 cm³/mol. The van der Waals surface area contributed by atoms with Crippen LogP contribution < -0.4 is 5.73 Å². The molecule has 1 atom stereocenters. The fourth-order valence-corrected chi connectivity index (χ4v) is 2.00. The minimum absolute atomic E-state index is 0.314. The van der Waals surface area contributed by atoms with Gasteiger partial charge in [0, 0.05) is 32.8 Å². The molecule has 0 saturated carbocycles. The molecule has 0 amide bonds. The molecule has 0 bridgehead atoms.